The molecule has 1 heterocycles. The van der Waals surface area contributed by atoms with Gasteiger partial charge in [-0.2, -0.15) is 0 Å². The Hall–Kier alpha value is -2.62. The summed E-state index contributed by atoms with van der Waals surface area (Å²) in [5, 5.41) is 3.38. The van der Waals surface area contributed by atoms with Gasteiger partial charge in [0.05, 0.1) is 15.6 Å². The molecule has 182 valence electrons. The number of amides is 3. The van der Waals surface area contributed by atoms with E-state index in [2.05, 4.69) is 5.32 Å². The van der Waals surface area contributed by atoms with Gasteiger partial charge >= 0.3 is 0 Å². The fourth-order valence-corrected chi connectivity index (χ4v) is 5.31. The molecule has 2 aromatic rings. The number of halogens is 2. The molecule has 0 unspecified atom stereocenters. The smallest absolute Gasteiger partial charge is 0.269 e. The van der Waals surface area contributed by atoms with Crippen LogP contribution in [0.25, 0.3) is 0 Å². The van der Waals surface area contributed by atoms with Gasteiger partial charge in [0.25, 0.3) is 15.9 Å². The van der Waals surface area contributed by atoms with Crippen LogP contribution in [0.5, 0.6) is 0 Å². The largest absolute Gasteiger partial charge is 0.354 e. The first-order valence-corrected chi connectivity index (χ1v) is 12.8. The zero-order valence-electron chi connectivity index (χ0n) is 18.9. The highest BCUT2D eigenvalue weighted by Crippen LogP contribution is 2.30. The minimum absolute atomic E-state index is 0.00839. The van der Waals surface area contributed by atoms with Gasteiger partial charge in [0, 0.05) is 13.1 Å². The van der Waals surface area contributed by atoms with Crippen LogP contribution in [0.2, 0.25) is 10.0 Å². The van der Waals surface area contributed by atoms with E-state index in [1.807, 2.05) is 13.8 Å². The number of sulfonamides is 1. The quantitative estimate of drug-likeness (QED) is 0.569. The number of nitrogens with one attached hydrogen (secondary N) is 1. The Morgan fingerprint density at radius 1 is 1.06 bits per heavy atom. The van der Waals surface area contributed by atoms with Gasteiger partial charge in [-0.3, -0.25) is 14.4 Å². The Bertz CT molecular complexity index is 1230. The fourth-order valence-electron chi connectivity index (χ4n) is 3.47. The monoisotopic (exact) mass is 525 g/mol. The number of hydrogen-bond donors (Lipinski definition) is 1. The average Bonchev–Trinajstić information content (AvgIpc) is 2.98. The van der Waals surface area contributed by atoms with Gasteiger partial charge in [-0.1, -0.05) is 55.2 Å². The zero-order valence-corrected chi connectivity index (χ0v) is 21.2. The molecule has 0 aliphatic carbocycles. The molecule has 0 aromatic heterocycles. The Kier molecular flexibility index (Phi) is 7.90. The Morgan fingerprint density at radius 2 is 1.74 bits per heavy atom. The minimum atomic E-state index is -4.18. The summed E-state index contributed by atoms with van der Waals surface area (Å²) in [6.45, 7) is 5.04. The first-order valence-electron chi connectivity index (χ1n) is 10.6. The number of hydrogen-bond acceptors (Lipinski definition) is 5. The highest BCUT2D eigenvalue weighted by Gasteiger charge is 2.43. The topological polar surface area (TPSA) is 104 Å². The number of carbonyl (C=O) groups is 3. The van der Waals surface area contributed by atoms with Gasteiger partial charge < -0.3 is 10.2 Å². The molecule has 2 aromatic carbocycles. The van der Waals surface area contributed by atoms with Crippen LogP contribution in [0.1, 0.15) is 36.7 Å². The standard InChI is InChI=1S/C23H25Cl2N3O5S/c1-14(2)11-26-22(30)15(3)27(12-16-8-9-18(24)19(25)10-16)21(29)13-28-23(31)17-6-4-5-7-20(17)34(28,32)33/h4-10,14-15H,11-13H2,1-3H3,(H,26,30)/t15-/m1/s1. The predicted octanol–water partition coefficient (Wildman–Crippen LogP) is 3.33. The van der Waals surface area contributed by atoms with Gasteiger partial charge in [-0.05, 0) is 42.7 Å². The minimum Gasteiger partial charge on any atom is -0.354 e. The summed E-state index contributed by atoms with van der Waals surface area (Å²) < 4.78 is 26.3. The number of carbonyl (C=O) groups excluding carboxylic acids is 3. The summed E-state index contributed by atoms with van der Waals surface area (Å²) in [5.41, 5.74) is 0.596. The van der Waals surface area contributed by atoms with Crippen molar-refractivity contribution in [2.45, 2.75) is 38.3 Å². The lowest BCUT2D eigenvalue weighted by atomic mass is 10.1. The summed E-state index contributed by atoms with van der Waals surface area (Å²) in [6, 6.07) is 9.62. The van der Waals surface area contributed by atoms with Crippen LogP contribution in [0.3, 0.4) is 0 Å². The van der Waals surface area contributed by atoms with Crippen molar-refractivity contribution in [3.8, 4) is 0 Å². The summed E-state index contributed by atoms with van der Waals surface area (Å²) >= 11 is 12.1. The molecule has 1 atom stereocenters. The van der Waals surface area contributed by atoms with Crippen LogP contribution in [0, 0.1) is 5.92 Å². The van der Waals surface area contributed by atoms with Crippen molar-refractivity contribution in [3.05, 3.63) is 63.6 Å². The Balaban J connectivity index is 1.89. The van der Waals surface area contributed by atoms with Crippen molar-refractivity contribution in [1.82, 2.24) is 14.5 Å². The summed E-state index contributed by atoms with van der Waals surface area (Å²) in [6.07, 6.45) is 0. The molecular formula is C23H25Cl2N3O5S. The van der Waals surface area contributed by atoms with Gasteiger partial charge in [0.1, 0.15) is 17.5 Å². The number of rotatable bonds is 8. The maximum absolute atomic E-state index is 13.4. The second kappa shape index (κ2) is 10.3. The van der Waals surface area contributed by atoms with Crippen molar-refractivity contribution in [3.63, 3.8) is 0 Å². The highest BCUT2D eigenvalue weighted by atomic mass is 35.5. The maximum Gasteiger partial charge on any atom is 0.269 e. The van der Waals surface area contributed by atoms with E-state index >= 15 is 0 Å². The molecule has 0 saturated heterocycles. The molecule has 1 aliphatic rings. The predicted molar refractivity (Wildman–Crippen MR) is 129 cm³/mol. The van der Waals surface area contributed by atoms with E-state index in [4.69, 9.17) is 23.2 Å². The Morgan fingerprint density at radius 3 is 2.35 bits per heavy atom. The number of nitrogens with zero attached hydrogens (tertiary/aromatic N) is 2. The van der Waals surface area contributed by atoms with Crippen LogP contribution < -0.4 is 5.32 Å². The average molecular weight is 526 g/mol. The molecular weight excluding hydrogens is 501 g/mol. The SMILES string of the molecule is CC(C)CNC(=O)[C@@H](C)N(Cc1ccc(Cl)c(Cl)c1)C(=O)CN1C(=O)c2ccccc2S1(=O)=O. The van der Waals surface area contributed by atoms with E-state index in [1.165, 1.54) is 23.1 Å². The van der Waals surface area contributed by atoms with Crippen LogP contribution in [-0.4, -0.2) is 54.5 Å². The first kappa shape index (κ1) is 26.0. The first-order chi connectivity index (χ1) is 15.9. The molecule has 1 N–H and O–H groups in total. The Labute approximate surface area is 208 Å². The molecule has 0 saturated carbocycles. The van der Waals surface area contributed by atoms with Crippen molar-refractivity contribution >= 4 is 50.9 Å². The van der Waals surface area contributed by atoms with Crippen molar-refractivity contribution in [1.29, 1.82) is 0 Å². The lowest BCUT2D eigenvalue weighted by Crippen LogP contribution is -2.51. The van der Waals surface area contributed by atoms with E-state index in [0.29, 0.717) is 21.4 Å². The van der Waals surface area contributed by atoms with E-state index in [9.17, 15) is 22.8 Å². The molecule has 8 nitrogen and oxygen atoms in total. The van der Waals surface area contributed by atoms with Crippen LogP contribution >= 0.6 is 23.2 Å². The third kappa shape index (κ3) is 5.37. The summed E-state index contributed by atoms with van der Waals surface area (Å²) in [4.78, 5) is 39.9. The van der Waals surface area contributed by atoms with Gasteiger partial charge in [0.2, 0.25) is 11.8 Å². The number of fused-ring (bicyclic) bond motifs is 1. The highest BCUT2D eigenvalue weighted by molar-refractivity contribution is 7.90. The van der Waals surface area contributed by atoms with E-state index in [1.54, 1.807) is 31.2 Å². The molecule has 0 fully saturated rings. The summed E-state index contributed by atoms with van der Waals surface area (Å²) in [7, 11) is -4.18. The third-order valence-corrected chi connectivity index (χ3v) is 7.91. The summed E-state index contributed by atoms with van der Waals surface area (Å²) in [5.74, 6) is -1.69. The van der Waals surface area contributed by atoms with Crippen LogP contribution in [-0.2, 0) is 26.2 Å². The molecule has 3 amide bonds. The van der Waals surface area contributed by atoms with Gasteiger partial charge in [-0.25, -0.2) is 12.7 Å². The normalized spacial score (nSPS) is 15.2. The molecule has 11 heteroatoms. The second-order valence-corrected chi connectivity index (χ2v) is 11.0. The maximum atomic E-state index is 13.4. The van der Waals surface area contributed by atoms with E-state index < -0.39 is 40.3 Å². The third-order valence-electron chi connectivity index (χ3n) is 5.38. The molecule has 0 bridgehead atoms. The van der Waals surface area contributed by atoms with Crippen LogP contribution in [0.4, 0.5) is 0 Å². The van der Waals surface area contributed by atoms with Crippen molar-refractivity contribution in [2.24, 2.45) is 5.92 Å². The lowest BCUT2D eigenvalue weighted by molar-refractivity contribution is -0.140. The molecule has 0 spiro atoms. The van der Waals surface area contributed by atoms with Crippen molar-refractivity contribution in [2.75, 3.05) is 13.1 Å². The molecule has 1 aliphatic heterocycles. The second-order valence-electron chi connectivity index (χ2n) is 8.40. The molecule has 34 heavy (non-hydrogen) atoms. The van der Waals surface area contributed by atoms with Gasteiger partial charge in [-0.15, -0.1) is 0 Å². The van der Waals surface area contributed by atoms with E-state index in [-0.39, 0.29) is 27.9 Å². The van der Waals surface area contributed by atoms with E-state index in [0.717, 1.165) is 0 Å². The van der Waals surface area contributed by atoms with Gasteiger partial charge in [0.15, 0.2) is 0 Å². The van der Waals surface area contributed by atoms with Crippen LogP contribution in [0.15, 0.2) is 47.4 Å². The zero-order chi connectivity index (χ0) is 25.2. The lowest BCUT2D eigenvalue weighted by Gasteiger charge is -2.30. The molecule has 3 rings (SSSR count). The fraction of sp³-hybridized carbons (Fsp3) is 0.348. The molecule has 0 radical (unpaired) electrons. The number of benzene rings is 2. The van der Waals surface area contributed by atoms with Crippen molar-refractivity contribution < 1.29 is 22.8 Å².